The molecule has 0 aliphatic carbocycles. The molecule has 1 aromatic heterocycles. The molecule has 8 heteroatoms. The Morgan fingerprint density at radius 3 is 2.84 bits per heavy atom. The van der Waals surface area contributed by atoms with E-state index in [1.807, 2.05) is 4.90 Å². The highest BCUT2D eigenvalue weighted by Gasteiger charge is 2.33. The van der Waals surface area contributed by atoms with Crippen molar-refractivity contribution in [2.24, 2.45) is 5.92 Å². The molecule has 2 atom stereocenters. The summed E-state index contributed by atoms with van der Waals surface area (Å²) in [5.41, 5.74) is 0.722. The van der Waals surface area contributed by atoms with Gasteiger partial charge >= 0.3 is 5.97 Å². The number of hydrogen-bond donors (Lipinski definition) is 2. The number of rotatable bonds is 3. The van der Waals surface area contributed by atoms with Crippen molar-refractivity contribution in [1.82, 2.24) is 10.5 Å². The molecule has 2 bridgehead atoms. The number of ether oxygens (including phenoxy) is 1. The lowest BCUT2D eigenvalue weighted by Gasteiger charge is -2.28. The molecular formula is C17H18ClN3O4. The van der Waals surface area contributed by atoms with Gasteiger partial charge in [0.1, 0.15) is 0 Å². The van der Waals surface area contributed by atoms with E-state index < -0.39 is 5.97 Å². The second-order valence-corrected chi connectivity index (χ2v) is 6.87. The van der Waals surface area contributed by atoms with E-state index in [9.17, 15) is 9.90 Å². The van der Waals surface area contributed by atoms with Crippen LogP contribution in [-0.2, 0) is 4.74 Å². The number of carboxylic acid groups (broad SMARTS) is 1. The lowest BCUT2D eigenvalue weighted by Crippen LogP contribution is -2.42. The molecule has 0 saturated carbocycles. The molecule has 0 unspecified atom stereocenters. The third-order valence-corrected chi connectivity index (χ3v) is 4.83. The first-order chi connectivity index (χ1) is 12.1. The Kier molecular flexibility index (Phi) is 4.37. The number of aromatic carboxylic acids is 1. The third kappa shape index (κ3) is 3.22. The summed E-state index contributed by atoms with van der Waals surface area (Å²) in [4.78, 5) is 13.9. The summed E-state index contributed by atoms with van der Waals surface area (Å²) in [6.07, 6.45) is 0. The minimum Gasteiger partial charge on any atom is -0.477 e. The van der Waals surface area contributed by atoms with Crippen LogP contribution in [-0.4, -0.2) is 55.1 Å². The summed E-state index contributed by atoms with van der Waals surface area (Å²) in [6.45, 7) is 3.42. The van der Waals surface area contributed by atoms with Gasteiger partial charge in [0.2, 0.25) is 0 Å². The minimum atomic E-state index is -1.06. The van der Waals surface area contributed by atoms with E-state index in [0.29, 0.717) is 42.7 Å². The number of nitrogens with one attached hydrogen (secondary N) is 1. The zero-order chi connectivity index (χ0) is 17.4. The number of carboxylic acids is 1. The predicted octanol–water partition coefficient (Wildman–Crippen LogP) is 2.12. The smallest absolute Gasteiger partial charge is 0.343 e. The van der Waals surface area contributed by atoms with E-state index in [1.165, 1.54) is 0 Å². The van der Waals surface area contributed by atoms with Crippen molar-refractivity contribution in [3.63, 3.8) is 0 Å². The lowest BCUT2D eigenvalue weighted by atomic mass is 10.1. The van der Waals surface area contributed by atoms with Gasteiger partial charge in [-0.05, 0) is 24.3 Å². The average Bonchev–Trinajstić information content (AvgIpc) is 2.76. The first-order valence-electron chi connectivity index (χ1n) is 8.17. The molecule has 25 heavy (non-hydrogen) atoms. The summed E-state index contributed by atoms with van der Waals surface area (Å²) >= 11 is 5.91. The van der Waals surface area contributed by atoms with Crippen LogP contribution in [0, 0.1) is 5.92 Å². The normalized spacial score (nSPS) is 23.3. The molecule has 0 amide bonds. The van der Waals surface area contributed by atoms with Crippen LogP contribution in [0.15, 0.2) is 28.8 Å². The Hall–Kier alpha value is -2.09. The fourth-order valence-corrected chi connectivity index (χ4v) is 3.50. The Morgan fingerprint density at radius 2 is 2.08 bits per heavy atom. The van der Waals surface area contributed by atoms with Crippen LogP contribution in [0.25, 0.3) is 11.3 Å². The molecule has 132 valence electrons. The van der Waals surface area contributed by atoms with Crippen LogP contribution in [0.1, 0.15) is 10.4 Å². The summed E-state index contributed by atoms with van der Waals surface area (Å²) in [5.74, 6) is -0.152. The lowest BCUT2D eigenvalue weighted by molar-refractivity contribution is 0.0697. The van der Waals surface area contributed by atoms with Gasteiger partial charge in [-0.25, -0.2) is 4.79 Å². The number of anilines is 1. The maximum Gasteiger partial charge on any atom is 0.343 e. The zero-order valence-corrected chi connectivity index (χ0v) is 14.2. The molecule has 2 aliphatic heterocycles. The van der Waals surface area contributed by atoms with E-state index in [-0.39, 0.29) is 23.3 Å². The van der Waals surface area contributed by atoms with Crippen molar-refractivity contribution in [2.45, 2.75) is 6.04 Å². The predicted molar refractivity (Wildman–Crippen MR) is 92.2 cm³/mol. The molecule has 2 aromatic rings. The van der Waals surface area contributed by atoms with Gasteiger partial charge in [0, 0.05) is 42.2 Å². The highest BCUT2D eigenvalue weighted by atomic mass is 35.5. The van der Waals surface area contributed by atoms with Gasteiger partial charge in [-0.3, -0.25) is 0 Å². The molecule has 7 nitrogen and oxygen atoms in total. The van der Waals surface area contributed by atoms with E-state index in [4.69, 9.17) is 20.9 Å². The number of hydrogen-bond acceptors (Lipinski definition) is 6. The fourth-order valence-electron chi connectivity index (χ4n) is 3.38. The number of carbonyl (C=O) groups is 1. The second kappa shape index (κ2) is 6.67. The number of aromatic nitrogens is 1. The van der Waals surface area contributed by atoms with Crippen LogP contribution in [0.3, 0.4) is 0 Å². The summed E-state index contributed by atoms with van der Waals surface area (Å²) in [7, 11) is 0. The van der Waals surface area contributed by atoms with Gasteiger partial charge < -0.3 is 24.6 Å². The number of nitrogens with zero attached hydrogens (tertiary/aromatic N) is 2. The molecule has 2 saturated heterocycles. The van der Waals surface area contributed by atoms with Crippen LogP contribution < -0.4 is 10.2 Å². The third-order valence-electron chi connectivity index (χ3n) is 4.58. The average molecular weight is 364 g/mol. The van der Waals surface area contributed by atoms with Crippen molar-refractivity contribution in [3.8, 4) is 11.3 Å². The molecular weight excluding hydrogens is 346 g/mol. The highest BCUT2D eigenvalue weighted by Crippen LogP contribution is 2.33. The highest BCUT2D eigenvalue weighted by molar-refractivity contribution is 6.30. The maximum absolute atomic E-state index is 11.9. The van der Waals surface area contributed by atoms with E-state index in [1.54, 1.807) is 24.3 Å². The van der Waals surface area contributed by atoms with Gasteiger partial charge in [-0.2, -0.15) is 0 Å². The van der Waals surface area contributed by atoms with E-state index in [2.05, 4.69) is 10.5 Å². The van der Waals surface area contributed by atoms with Crippen molar-refractivity contribution in [3.05, 3.63) is 34.9 Å². The molecule has 2 fully saturated rings. The number of benzene rings is 1. The van der Waals surface area contributed by atoms with Crippen LogP contribution in [0.5, 0.6) is 0 Å². The SMILES string of the molecule is O=C(O)c1c(N2C[C@H]3CN[C@H](COC3)C2)noc1-c1ccc(Cl)cc1. The minimum absolute atomic E-state index is 0.0863. The van der Waals surface area contributed by atoms with Crippen molar-refractivity contribution in [2.75, 3.05) is 37.7 Å². The van der Waals surface area contributed by atoms with Crippen molar-refractivity contribution >= 4 is 23.4 Å². The molecule has 4 rings (SSSR count). The molecule has 3 heterocycles. The Morgan fingerprint density at radius 1 is 1.28 bits per heavy atom. The van der Waals surface area contributed by atoms with Gasteiger partial charge in [-0.1, -0.05) is 16.8 Å². The Balaban J connectivity index is 1.72. The molecule has 1 aromatic carbocycles. The zero-order valence-electron chi connectivity index (χ0n) is 13.4. The molecule has 0 radical (unpaired) electrons. The van der Waals surface area contributed by atoms with Crippen LogP contribution >= 0.6 is 11.6 Å². The number of halogens is 1. The van der Waals surface area contributed by atoms with Crippen molar-refractivity contribution < 1.29 is 19.2 Å². The van der Waals surface area contributed by atoms with Crippen molar-refractivity contribution in [1.29, 1.82) is 0 Å². The summed E-state index contributed by atoms with van der Waals surface area (Å²) in [6, 6.07) is 6.99. The van der Waals surface area contributed by atoms with E-state index >= 15 is 0 Å². The fraction of sp³-hybridized carbons (Fsp3) is 0.412. The second-order valence-electron chi connectivity index (χ2n) is 6.44. The Labute approximate surface area is 149 Å². The first-order valence-corrected chi connectivity index (χ1v) is 8.54. The van der Waals surface area contributed by atoms with Crippen LogP contribution in [0.4, 0.5) is 5.82 Å². The Bertz CT molecular complexity index is 763. The molecule has 2 aliphatic rings. The van der Waals surface area contributed by atoms with Gasteiger partial charge in [0.15, 0.2) is 17.1 Å². The standard InChI is InChI=1S/C17H18ClN3O4/c18-12-3-1-11(2-4-12)15-14(17(22)23)16(20-25-15)21-6-10-5-19-13(7-21)9-24-8-10/h1-4,10,13,19H,5-9H2,(H,22,23)/t10-,13+/m1/s1. The van der Waals surface area contributed by atoms with Gasteiger partial charge in [0.05, 0.1) is 13.2 Å². The van der Waals surface area contributed by atoms with E-state index in [0.717, 1.165) is 6.54 Å². The molecule has 0 spiro atoms. The summed E-state index contributed by atoms with van der Waals surface area (Å²) < 4.78 is 11.1. The maximum atomic E-state index is 11.9. The summed E-state index contributed by atoms with van der Waals surface area (Å²) in [5, 5.41) is 17.9. The topological polar surface area (TPSA) is 87.8 Å². The monoisotopic (exact) mass is 363 g/mol. The quantitative estimate of drug-likeness (QED) is 0.863. The van der Waals surface area contributed by atoms with Gasteiger partial charge in [-0.15, -0.1) is 0 Å². The largest absolute Gasteiger partial charge is 0.477 e. The van der Waals surface area contributed by atoms with Gasteiger partial charge in [0.25, 0.3) is 0 Å². The van der Waals surface area contributed by atoms with Crippen LogP contribution in [0.2, 0.25) is 5.02 Å². The number of fused-ring (bicyclic) bond motifs is 3. The molecule has 2 N–H and O–H groups in total. The first kappa shape index (κ1) is 16.4.